The molecule has 2 aliphatic heterocycles. The number of carboxylic acids is 1. The number of fused-ring (bicyclic) bond motifs is 2. The third-order valence-electron chi connectivity index (χ3n) is 2.45. The number of carbonyl (C=O) groups is 2. The second-order valence-electron chi connectivity index (χ2n) is 3.22. The summed E-state index contributed by atoms with van der Waals surface area (Å²) in [5.74, 6) is -0.896. The van der Waals surface area contributed by atoms with Crippen molar-refractivity contribution in [3.63, 3.8) is 0 Å². The molecule has 5 heteroatoms. The quantitative estimate of drug-likeness (QED) is 0.510. The zero-order chi connectivity index (χ0) is 8.72. The van der Waals surface area contributed by atoms with Crippen LogP contribution in [0.25, 0.3) is 0 Å². The highest BCUT2D eigenvalue weighted by Crippen LogP contribution is 2.21. The average molecular weight is 170 g/mol. The molecule has 2 aliphatic rings. The van der Waals surface area contributed by atoms with Gasteiger partial charge >= 0.3 is 5.97 Å². The molecule has 2 bridgehead atoms. The Hall–Kier alpha value is -1.10. The molecule has 2 rings (SSSR count). The van der Waals surface area contributed by atoms with Crippen LogP contribution in [0.4, 0.5) is 0 Å². The summed E-state index contributed by atoms with van der Waals surface area (Å²) in [6.07, 6.45) is 0.753. The summed E-state index contributed by atoms with van der Waals surface area (Å²) in [5, 5.41) is 11.5. The van der Waals surface area contributed by atoms with Gasteiger partial charge in [0.1, 0.15) is 6.04 Å². The standard InChI is InChI=1S/C7H10N2O3/c10-5-3-9-2-1-4(8-5)6(9)7(11)12/h4,6H,1-3H2,(H,8,10)(H,11,12)/t4?,6-/m0/s1. The van der Waals surface area contributed by atoms with Gasteiger partial charge < -0.3 is 10.4 Å². The van der Waals surface area contributed by atoms with Gasteiger partial charge in [0.05, 0.1) is 12.6 Å². The molecule has 12 heavy (non-hydrogen) atoms. The van der Waals surface area contributed by atoms with E-state index in [4.69, 9.17) is 5.11 Å². The molecule has 3 atom stereocenters. The Bertz CT molecular complexity index is 225. The van der Waals surface area contributed by atoms with Crippen LogP contribution in [-0.4, -0.2) is 47.1 Å². The molecule has 0 aromatic rings. The van der Waals surface area contributed by atoms with E-state index in [0.29, 0.717) is 6.54 Å². The molecular weight excluding hydrogens is 160 g/mol. The van der Waals surface area contributed by atoms with Crippen molar-refractivity contribution in [2.45, 2.75) is 18.5 Å². The first kappa shape index (κ1) is 7.54. The van der Waals surface area contributed by atoms with E-state index in [1.54, 1.807) is 4.90 Å². The highest BCUT2D eigenvalue weighted by molar-refractivity contribution is 5.84. The number of amides is 1. The number of hydrogen-bond donors (Lipinski definition) is 2. The van der Waals surface area contributed by atoms with Crippen LogP contribution in [0.5, 0.6) is 0 Å². The van der Waals surface area contributed by atoms with Crippen LogP contribution < -0.4 is 5.32 Å². The number of carboxylic acid groups (broad SMARTS) is 1. The van der Waals surface area contributed by atoms with Gasteiger partial charge in [0.25, 0.3) is 0 Å². The van der Waals surface area contributed by atoms with Crippen molar-refractivity contribution in [3.05, 3.63) is 0 Å². The molecule has 2 N–H and O–H groups in total. The largest absolute Gasteiger partial charge is 0.480 e. The molecule has 2 saturated heterocycles. The van der Waals surface area contributed by atoms with Gasteiger partial charge in [-0.2, -0.15) is 0 Å². The minimum Gasteiger partial charge on any atom is -0.480 e. The van der Waals surface area contributed by atoms with Crippen molar-refractivity contribution >= 4 is 11.9 Å². The maximum Gasteiger partial charge on any atom is 0.323 e. The molecule has 5 nitrogen and oxygen atoms in total. The zero-order valence-corrected chi connectivity index (χ0v) is 6.49. The van der Waals surface area contributed by atoms with Gasteiger partial charge in [0, 0.05) is 6.54 Å². The van der Waals surface area contributed by atoms with E-state index in [-0.39, 0.29) is 18.5 Å². The third kappa shape index (κ3) is 0.972. The van der Waals surface area contributed by atoms with Gasteiger partial charge in [-0.1, -0.05) is 0 Å². The van der Waals surface area contributed by atoms with E-state index in [9.17, 15) is 9.59 Å². The molecule has 2 fully saturated rings. The Morgan fingerprint density at radius 3 is 3.00 bits per heavy atom. The van der Waals surface area contributed by atoms with Gasteiger partial charge in [-0.05, 0) is 6.42 Å². The van der Waals surface area contributed by atoms with E-state index in [2.05, 4.69) is 5.32 Å². The molecule has 0 aliphatic carbocycles. The van der Waals surface area contributed by atoms with Crippen molar-refractivity contribution in [1.29, 1.82) is 0 Å². The fraction of sp³-hybridized carbons (Fsp3) is 0.714. The predicted molar refractivity (Wildman–Crippen MR) is 39.5 cm³/mol. The van der Waals surface area contributed by atoms with E-state index < -0.39 is 12.0 Å². The normalized spacial score (nSPS) is 39.3. The predicted octanol–water partition coefficient (Wildman–Crippen LogP) is -1.36. The van der Waals surface area contributed by atoms with Crippen LogP contribution in [0.1, 0.15) is 6.42 Å². The van der Waals surface area contributed by atoms with E-state index in [1.165, 1.54) is 0 Å². The van der Waals surface area contributed by atoms with Crippen LogP contribution >= 0.6 is 0 Å². The number of rotatable bonds is 1. The van der Waals surface area contributed by atoms with Crippen molar-refractivity contribution in [2.24, 2.45) is 0 Å². The first-order valence-electron chi connectivity index (χ1n) is 3.94. The van der Waals surface area contributed by atoms with Gasteiger partial charge in [0.15, 0.2) is 0 Å². The van der Waals surface area contributed by atoms with Gasteiger partial charge in [-0.3, -0.25) is 14.5 Å². The highest BCUT2D eigenvalue weighted by Gasteiger charge is 2.44. The summed E-state index contributed by atoms with van der Waals surface area (Å²) in [6.45, 7) is 0.938. The molecule has 0 spiro atoms. The Morgan fingerprint density at radius 2 is 2.42 bits per heavy atom. The van der Waals surface area contributed by atoms with Crippen LogP contribution in [0.15, 0.2) is 0 Å². The molecule has 2 unspecified atom stereocenters. The van der Waals surface area contributed by atoms with Crippen LogP contribution in [0.2, 0.25) is 0 Å². The summed E-state index contributed by atoms with van der Waals surface area (Å²) in [7, 11) is 0. The smallest absolute Gasteiger partial charge is 0.323 e. The number of nitrogens with zero attached hydrogens (tertiary/aromatic N) is 1. The van der Waals surface area contributed by atoms with E-state index in [1.807, 2.05) is 0 Å². The van der Waals surface area contributed by atoms with Crippen molar-refractivity contribution in [1.82, 2.24) is 10.2 Å². The Morgan fingerprint density at radius 1 is 1.67 bits per heavy atom. The molecular formula is C7H10N2O3. The van der Waals surface area contributed by atoms with E-state index in [0.717, 1.165) is 6.42 Å². The van der Waals surface area contributed by atoms with Crippen LogP contribution in [0, 0.1) is 0 Å². The summed E-state index contributed by atoms with van der Waals surface area (Å²) in [5.41, 5.74) is 0. The minimum absolute atomic E-state index is 0.0602. The SMILES string of the molecule is O=C1CN2CCC(N1)[C@H]2C(=O)O. The summed E-state index contributed by atoms with van der Waals surface area (Å²) in [6, 6.07) is -0.675. The lowest BCUT2D eigenvalue weighted by Crippen LogP contribution is -2.57. The summed E-state index contributed by atoms with van der Waals surface area (Å²) in [4.78, 5) is 23.4. The number of nitrogens with one attached hydrogen (secondary N) is 1. The molecule has 0 aromatic heterocycles. The summed E-state index contributed by atoms with van der Waals surface area (Å²) < 4.78 is 0. The third-order valence-corrected chi connectivity index (χ3v) is 2.45. The Balaban J connectivity index is 2.19. The van der Waals surface area contributed by atoms with Gasteiger partial charge in [-0.25, -0.2) is 0 Å². The first-order valence-corrected chi connectivity index (χ1v) is 3.94. The van der Waals surface area contributed by atoms with Gasteiger partial charge in [-0.15, -0.1) is 0 Å². The second-order valence-corrected chi connectivity index (χ2v) is 3.22. The lowest BCUT2D eigenvalue weighted by atomic mass is 10.1. The zero-order valence-electron chi connectivity index (χ0n) is 6.49. The highest BCUT2D eigenvalue weighted by atomic mass is 16.4. The number of piperazine rings is 1. The number of carbonyl (C=O) groups excluding carboxylic acids is 1. The Labute approximate surface area is 69.3 Å². The molecule has 1 amide bonds. The monoisotopic (exact) mass is 170 g/mol. The van der Waals surface area contributed by atoms with Gasteiger partial charge in [0.2, 0.25) is 5.91 Å². The van der Waals surface area contributed by atoms with Crippen LogP contribution in [-0.2, 0) is 9.59 Å². The number of hydrogen-bond acceptors (Lipinski definition) is 3. The van der Waals surface area contributed by atoms with Crippen molar-refractivity contribution < 1.29 is 14.7 Å². The summed E-state index contributed by atoms with van der Waals surface area (Å²) >= 11 is 0. The van der Waals surface area contributed by atoms with Crippen molar-refractivity contribution in [3.8, 4) is 0 Å². The topological polar surface area (TPSA) is 69.6 Å². The van der Waals surface area contributed by atoms with Crippen LogP contribution in [0.3, 0.4) is 0 Å². The molecule has 0 aromatic carbocycles. The molecule has 2 heterocycles. The lowest BCUT2D eigenvalue weighted by molar-refractivity contribution is -0.145. The maximum atomic E-state index is 10.9. The molecule has 66 valence electrons. The molecule has 0 saturated carbocycles. The first-order chi connectivity index (χ1) is 5.68. The van der Waals surface area contributed by atoms with E-state index >= 15 is 0 Å². The second kappa shape index (κ2) is 2.45. The van der Waals surface area contributed by atoms with Crippen molar-refractivity contribution in [2.75, 3.05) is 13.1 Å². The minimum atomic E-state index is -0.836. The average Bonchev–Trinajstić information content (AvgIpc) is 2.24. The molecule has 0 radical (unpaired) electrons. The maximum absolute atomic E-state index is 10.9. The lowest BCUT2D eigenvalue weighted by Gasteiger charge is -2.29. The number of aliphatic carboxylic acids is 1. The Kier molecular flexibility index (Phi) is 1.54. The fourth-order valence-electron chi connectivity index (χ4n) is 1.95. The fourth-order valence-corrected chi connectivity index (χ4v) is 1.95.